The van der Waals surface area contributed by atoms with Crippen molar-refractivity contribution >= 4 is 36.5 Å². The highest BCUT2D eigenvalue weighted by Gasteiger charge is 2.49. The van der Waals surface area contributed by atoms with Crippen LogP contribution in [0.4, 0.5) is 5.82 Å². The minimum Gasteiger partial charge on any atom is -0.438 e. The number of carbonyl (C=O) groups excluding carboxylic acids is 2. The fourth-order valence-electron chi connectivity index (χ4n) is 3.42. The first-order valence-corrected chi connectivity index (χ1v) is 13.6. The van der Waals surface area contributed by atoms with Crippen LogP contribution in [0, 0.1) is 10.8 Å². The molecule has 37 heavy (non-hydrogen) atoms. The van der Waals surface area contributed by atoms with E-state index in [4.69, 9.17) is 24.3 Å². The molecule has 0 aromatic carbocycles. The van der Waals surface area contributed by atoms with Crippen molar-refractivity contribution in [3.63, 3.8) is 0 Å². The maximum Gasteiger partial charge on any atom is 0.350 e. The van der Waals surface area contributed by atoms with Gasteiger partial charge in [-0.2, -0.15) is 0 Å². The number of carbonyl (C=O) groups is 2. The molecule has 1 fully saturated rings. The first kappa shape index (κ1) is 29.0. The third-order valence-corrected chi connectivity index (χ3v) is 7.79. The molecule has 3 rings (SSSR count). The third kappa shape index (κ3) is 7.25. The van der Waals surface area contributed by atoms with Crippen LogP contribution in [0.25, 0.3) is 11.2 Å². The van der Waals surface area contributed by atoms with Gasteiger partial charge in [-0.3, -0.25) is 28.1 Å². The predicted octanol–water partition coefficient (Wildman–Crippen LogP) is 3.15. The number of rotatable bonds is 11. The second-order valence-electron chi connectivity index (χ2n) is 11.3. The van der Waals surface area contributed by atoms with Crippen molar-refractivity contribution in [3.8, 4) is 0 Å². The number of nitrogen functional groups attached to an aromatic ring is 1. The van der Waals surface area contributed by atoms with Gasteiger partial charge in [-0.15, -0.1) is 0 Å². The Morgan fingerprint density at radius 2 is 1.57 bits per heavy atom. The minimum absolute atomic E-state index is 0.128. The molecule has 1 aliphatic carbocycles. The van der Waals surface area contributed by atoms with E-state index in [1.807, 2.05) is 9.47 Å². The maximum absolute atomic E-state index is 13.7. The van der Waals surface area contributed by atoms with Gasteiger partial charge in [0.1, 0.15) is 18.1 Å². The Morgan fingerprint density at radius 3 is 2.05 bits per heavy atom. The van der Waals surface area contributed by atoms with Crippen LogP contribution in [0.15, 0.2) is 12.7 Å². The predicted molar refractivity (Wildman–Crippen MR) is 135 cm³/mol. The maximum atomic E-state index is 13.7. The highest BCUT2D eigenvalue weighted by atomic mass is 31.2. The van der Waals surface area contributed by atoms with Crippen LogP contribution in [0.2, 0.25) is 0 Å². The van der Waals surface area contributed by atoms with Crippen molar-refractivity contribution in [1.82, 2.24) is 24.4 Å². The van der Waals surface area contributed by atoms with Gasteiger partial charge in [-0.1, -0.05) is 0 Å². The van der Waals surface area contributed by atoms with Gasteiger partial charge in [0, 0.05) is 12.1 Å². The van der Waals surface area contributed by atoms with Gasteiger partial charge >= 0.3 is 19.5 Å². The van der Waals surface area contributed by atoms with Crippen LogP contribution in [-0.4, -0.2) is 68.8 Å². The molecule has 2 heterocycles. The van der Waals surface area contributed by atoms with E-state index in [0.29, 0.717) is 23.5 Å². The van der Waals surface area contributed by atoms with E-state index in [1.54, 1.807) is 54.9 Å². The van der Waals surface area contributed by atoms with E-state index in [2.05, 4.69) is 15.0 Å². The summed E-state index contributed by atoms with van der Waals surface area (Å²) in [5.74, 6) is -0.736. The summed E-state index contributed by atoms with van der Waals surface area (Å²) in [5, 5.41) is 0. The van der Waals surface area contributed by atoms with Crippen LogP contribution in [0.3, 0.4) is 0 Å². The van der Waals surface area contributed by atoms with E-state index in [0.717, 1.165) is 12.8 Å². The van der Waals surface area contributed by atoms with E-state index in [1.165, 1.54) is 6.33 Å². The first-order valence-electron chi connectivity index (χ1n) is 11.9. The van der Waals surface area contributed by atoms with Gasteiger partial charge in [-0.05, 0) is 61.4 Å². The SMILES string of the molecule is CN(CP(=O)(OCOC(=O)C(C)(C)C)OCOC(=O)C(C)(C)C)C1(Cn2cnc3c(N)ncnc32)CC1. The molecule has 0 atom stereocenters. The number of anilines is 1. The topological polar surface area (TPSA) is 161 Å². The van der Waals surface area contributed by atoms with Gasteiger partial charge in [-0.25, -0.2) is 15.0 Å². The first-order chi connectivity index (χ1) is 17.1. The number of hydrogen-bond donors (Lipinski definition) is 1. The van der Waals surface area contributed by atoms with E-state index < -0.39 is 44.0 Å². The average Bonchev–Trinajstić information content (AvgIpc) is 3.45. The van der Waals surface area contributed by atoms with Crippen molar-refractivity contribution in [3.05, 3.63) is 12.7 Å². The van der Waals surface area contributed by atoms with Crippen molar-refractivity contribution in [2.45, 2.75) is 66.5 Å². The van der Waals surface area contributed by atoms with Gasteiger partial charge in [0.05, 0.1) is 17.2 Å². The lowest BCUT2D eigenvalue weighted by Gasteiger charge is -2.31. The van der Waals surface area contributed by atoms with E-state index in [-0.39, 0.29) is 11.8 Å². The molecule has 1 saturated carbocycles. The summed E-state index contributed by atoms with van der Waals surface area (Å²) in [6.07, 6.45) is 4.54. The molecular weight excluding hydrogens is 503 g/mol. The summed E-state index contributed by atoms with van der Waals surface area (Å²) < 4.78 is 36.8. The van der Waals surface area contributed by atoms with E-state index >= 15 is 0 Å². The zero-order valence-electron chi connectivity index (χ0n) is 22.5. The second-order valence-corrected chi connectivity index (χ2v) is 13.4. The highest BCUT2D eigenvalue weighted by Crippen LogP contribution is 2.53. The van der Waals surface area contributed by atoms with Crippen LogP contribution < -0.4 is 5.73 Å². The van der Waals surface area contributed by atoms with Gasteiger partial charge < -0.3 is 19.8 Å². The number of aromatic nitrogens is 4. The van der Waals surface area contributed by atoms with Crippen LogP contribution >= 0.6 is 7.60 Å². The number of esters is 2. The number of nitrogens with zero attached hydrogens (tertiary/aromatic N) is 5. The Balaban J connectivity index is 1.71. The Labute approximate surface area is 216 Å². The molecule has 206 valence electrons. The standard InChI is InChI=1S/C23H37N6O7P/c1-21(2,3)19(30)33-14-35-37(32,36-15-34-20(31)22(4,5)6)13-28(7)23(8-9-23)10-29-12-27-16-17(24)25-11-26-18(16)29/h11-12H,8-10,13-15H2,1-7H3,(H2,24,25,26). The van der Waals surface area contributed by atoms with Crippen molar-refractivity contribution in [1.29, 1.82) is 0 Å². The number of likely N-dealkylation sites (N-methyl/N-ethyl adjacent to an activating group) is 1. The summed E-state index contributed by atoms with van der Waals surface area (Å²) in [6.45, 7) is 9.55. The molecule has 0 amide bonds. The fourth-order valence-corrected chi connectivity index (χ4v) is 4.90. The summed E-state index contributed by atoms with van der Waals surface area (Å²) in [5.41, 5.74) is 5.14. The zero-order valence-corrected chi connectivity index (χ0v) is 23.4. The average molecular weight is 541 g/mol. The fraction of sp³-hybridized carbons (Fsp3) is 0.696. The Bertz CT molecular complexity index is 1150. The van der Waals surface area contributed by atoms with Crippen molar-refractivity contribution < 1.29 is 32.7 Å². The molecule has 2 aromatic rings. The molecule has 0 spiro atoms. The molecule has 0 bridgehead atoms. The number of fused-ring (bicyclic) bond motifs is 1. The molecular formula is C23H37N6O7P. The summed E-state index contributed by atoms with van der Waals surface area (Å²) in [7, 11) is -2.09. The Kier molecular flexibility index (Phi) is 8.33. The number of imidazole rings is 1. The molecule has 1 aliphatic rings. The van der Waals surface area contributed by atoms with Crippen molar-refractivity contribution in [2.75, 3.05) is 32.7 Å². The molecule has 2 aromatic heterocycles. The normalized spacial score (nSPS) is 15.7. The van der Waals surface area contributed by atoms with E-state index in [9.17, 15) is 14.2 Å². The van der Waals surface area contributed by atoms with Crippen LogP contribution in [0.5, 0.6) is 0 Å². The molecule has 0 radical (unpaired) electrons. The summed E-state index contributed by atoms with van der Waals surface area (Å²) in [4.78, 5) is 38.7. The molecule has 0 aliphatic heterocycles. The molecule has 13 nitrogen and oxygen atoms in total. The molecule has 0 unspecified atom stereocenters. The monoisotopic (exact) mass is 540 g/mol. The quantitative estimate of drug-likeness (QED) is 0.252. The third-order valence-electron chi connectivity index (χ3n) is 6.02. The Morgan fingerprint density at radius 1 is 1.03 bits per heavy atom. The number of nitrogens with two attached hydrogens (primary N) is 1. The van der Waals surface area contributed by atoms with Crippen molar-refractivity contribution in [2.24, 2.45) is 10.8 Å². The molecule has 0 saturated heterocycles. The lowest BCUT2D eigenvalue weighted by Crippen LogP contribution is -2.38. The highest BCUT2D eigenvalue weighted by molar-refractivity contribution is 7.53. The van der Waals surface area contributed by atoms with Crippen LogP contribution in [-0.2, 0) is 39.2 Å². The smallest absolute Gasteiger partial charge is 0.350 e. The van der Waals surface area contributed by atoms with Gasteiger partial charge in [0.2, 0.25) is 13.6 Å². The van der Waals surface area contributed by atoms with Gasteiger partial charge in [0.15, 0.2) is 11.5 Å². The minimum atomic E-state index is -3.89. The number of ether oxygens (including phenoxy) is 2. The molecule has 2 N–H and O–H groups in total. The second kappa shape index (κ2) is 10.6. The largest absolute Gasteiger partial charge is 0.438 e. The lowest BCUT2D eigenvalue weighted by atomic mass is 9.98. The van der Waals surface area contributed by atoms with Crippen LogP contribution in [0.1, 0.15) is 54.4 Å². The lowest BCUT2D eigenvalue weighted by molar-refractivity contribution is -0.162. The molecule has 14 heteroatoms. The van der Waals surface area contributed by atoms with Gasteiger partial charge in [0.25, 0.3) is 0 Å². The number of hydrogen-bond acceptors (Lipinski definition) is 12. The zero-order chi connectivity index (χ0) is 27.6. The summed E-state index contributed by atoms with van der Waals surface area (Å²) in [6, 6.07) is 0. The summed E-state index contributed by atoms with van der Waals surface area (Å²) >= 11 is 0. The Hall–Kier alpha value is -2.60.